The molecule has 90 valence electrons. The third kappa shape index (κ3) is 3.56. The van der Waals surface area contributed by atoms with Crippen LogP contribution in [0.2, 0.25) is 0 Å². The maximum atomic E-state index is 8.48. The molecule has 2 rings (SSSR count). The molecular weight excluding hydrogens is 224 g/mol. The molecule has 0 amide bonds. The molecule has 0 spiro atoms. The Hall–Kier alpha value is -2.42. The Labute approximate surface area is 106 Å². The van der Waals surface area contributed by atoms with Crippen LogP contribution in [0.1, 0.15) is 11.1 Å². The lowest BCUT2D eigenvalue weighted by Crippen LogP contribution is -2.32. The van der Waals surface area contributed by atoms with Gasteiger partial charge in [0.05, 0.1) is 11.8 Å². The second-order valence-corrected chi connectivity index (χ2v) is 3.89. The summed E-state index contributed by atoms with van der Waals surface area (Å²) < 4.78 is 2.02. The van der Waals surface area contributed by atoms with Gasteiger partial charge in [-0.1, -0.05) is 41.6 Å². The van der Waals surface area contributed by atoms with Crippen molar-refractivity contribution in [1.82, 2.24) is 0 Å². The molecule has 0 unspecified atom stereocenters. The van der Waals surface area contributed by atoms with Crippen molar-refractivity contribution in [3.8, 4) is 0 Å². The van der Waals surface area contributed by atoms with Crippen LogP contribution < -0.4 is 4.57 Å². The Kier molecular flexibility index (Phi) is 4.25. The highest BCUT2D eigenvalue weighted by atomic mass is 16.4. The Bertz CT molecular complexity index is 547. The third-order valence-corrected chi connectivity index (χ3v) is 2.51. The quantitative estimate of drug-likeness (QED) is 0.378. The Morgan fingerprint density at radius 2 is 1.83 bits per heavy atom. The first-order valence-electron chi connectivity index (χ1n) is 5.76. The smallest absolute Gasteiger partial charge is 0.178 e. The first-order valence-corrected chi connectivity index (χ1v) is 5.76. The SMILES string of the molecule is O/N=C/c1ccc[n+](C/C=C/c2ccccc2)c1. The molecule has 0 aliphatic heterocycles. The Morgan fingerprint density at radius 3 is 2.61 bits per heavy atom. The van der Waals surface area contributed by atoms with Crippen LogP contribution in [0.15, 0.2) is 66.1 Å². The first-order chi connectivity index (χ1) is 8.88. The summed E-state index contributed by atoms with van der Waals surface area (Å²) in [6.07, 6.45) is 9.49. The summed E-state index contributed by atoms with van der Waals surface area (Å²) in [5, 5.41) is 11.5. The van der Waals surface area contributed by atoms with Crippen molar-refractivity contribution in [2.24, 2.45) is 5.16 Å². The van der Waals surface area contributed by atoms with Gasteiger partial charge in [-0.2, -0.15) is 0 Å². The lowest BCUT2D eigenvalue weighted by molar-refractivity contribution is -0.686. The zero-order valence-corrected chi connectivity index (χ0v) is 9.98. The molecule has 1 heterocycles. The predicted octanol–water partition coefficient (Wildman–Crippen LogP) is 2.50. The minimum Gasteiger partial charge on any atom is -0.411 e. The number of hydrogen-bond donors (Lipinski definition) is 1. The van der Waals surface area contributed by atoms with E-state index in [1.807, 2.05) is 47.3 Å². The van der Waals surface area contributed by atoms with Crippen molar-refractivity contribution < 1.29 is 9.77 Å². The standard InChI is InChI=1S/C15H14N2O/c18-16-12-15-9-5-11-17(13-15)10-4-8-14-6-2-1-3-7-14/h1-9,11-13H,10H2/p+1/b8-4+,16-12+. The van der Waals surface area contributed by atoms with Crippen LogP contribution in [-0.4, -0.2) is 11.4 Å². The van der Waals surface area contributed by atoms with E-state index in [1.165, 1.54) is 11.8 Å². The van der Waals surface area contributed by atoms with Gasteiger partial charge >= 0.3 is 0 Å². The lowest BCUT2D eigenvalue weighted by Gasteiger charge is -1.94. The molecule has 0 fully saturated rings. The van der Waals surface area contributed by atoms with Gasteiger partial charge in [-0.3, -0.25) is 0 Å². The predicted molar refractivity (Wildman–Crippen MR) is 71.5 cm³/mol. The van der Waals surface area contributed by atoms with Crippen molar-refractivity contribution in [2.45, 2.75) is 6.54 Å². The molecule has 0 atom stereocenters. The Morgan fingerprint density at radius 1 is 1.06 bits per heavy atom. The number of rotatable bonds is 4. The van der Waals surface area contributed by atoms with Crippen LogP contribution in [0.5, 0.6) is 0 Å². The number of benzene rings is 1. The van der Waals surface area contributed by atoms with Crippen molar-refractivity contribution in [3.63, 3.8) is 0 Å². The highest BCUT2D eigenvalue weighted by molar-refractivity contribution is 5.77. The molecule has 0 aliphatic carbocycles. The fourth-order valence-electron chi connectivity index (χ4n) is 1.67. The van der Waals surface area contributed by atoms with Crippen LogP contribution in [0.4, 0.5) is 0 Å². The largest absolute Gasteiger partial charge is 0.411 e. The van der Waals surface area contributed by atoms with Crippen molar-refractivity contribution in [2.75, 3.05) is 0 Å². The highest BCUT2D eigenvalue weighted by Gasteiger charge is 1.98. The number of aromatic nitrogens is 1. The molecule has 0 saturated carbocycles. The molecule has 0 bridgehead atoms. The molecule has 0 aliphatic rings. The van der Waals surface area contributed by atoms with Gasteiger partial charge in [-0.05, 0) is 17.7 Å². The van der Waals surface area contributed by atoms with Gasteiger partial charge in [0, 0.05) is 6.07 Å². The number of nitrogens with zero attached hydrogens (tertiary/aromatic N) is 2. The van der Waals surface area contributed by atoms with E-state index in [2.05, 4.69) is 29.4 Å². The van der Waals surface area contributed by atoms with E-state index < -0.39 is 0 Å². The monoisotopic (exact) mass is 239 g/mol. The summed E-state index contributed by atoms with van der Waals surface area (Å²) in [7, 11) is 0. The third-order valence-electron chi connectivity index (χ3n) is 2.51. The summed E-state index contributed by atoms with van der Waals surface area (Å²) in [6, 6.07) is 14.0. The number of oxime groups is 1. The van der Waals surface area contributed by atoms with Gasteiger partial charge in [-0.25, -0.2) is 4.57 Å². The van der Waals surface area contributed by atoms with Crippen molar-refractivity contribution in [1.29, 1.82) is 0 Å². The van der Waals surface area contributed by atoms with Crippen LogP contribution in [0.25, 0.3) is 6.08 Å². The second kappa shape index (κ2) is 6.35. The van der Waals surface area contributed by atoms with Gasteiger partial charge in [0.25, 0.3) is 0 Å². The van der Waals surface area contributed by atoms with Crippen molar-refractivity contribution in [3.05, 3.63) is 72.1 Å². The molecule has 2 aromatic rings. The minimum absolute atomic E-state index is 0.780. The van der Waals surface area contributed by atoms with E-state index in [4.69, 9.17) is 5.21 Å². The molecule has 0 saturated heterocycles. The number of allylic oxidation sites excluding steroid dienone is 1. The molecule has 3 heteroatoms. The van der Waals surface area contributed by atoms with Crippen LogP contribution in [0.3, 0.4) is 0 Å². The van der Waals surface area contributed by atoms with Gasteiger partial charge < -0.3 is 5.21 Å². The Balaban J connectivity index is 2.02. The summed E-state index contributed by atoms with van der Waals surface area (Å²) in [4.78, 5) is 0. The second-order valence-electron chi connectivity index (χ2n) is 3.89. The summed E-state index contributed by atoms with van der Waals surface area (Å²) in [5.74, 6) is 0. The summed E-state index contributed by atoms with van der Waals surface area (Å²) in [5.41, 5.74) is 2.05. The minimum atomic E-state index is 0.780. The normalized spacial score (nSPS) is 11.3. The van der Waals surface area contributed by atoms with E-state index >= 15 is 0 Å². The highest BCUT2D eigenvalue weighted by Crippen LogP contribution is 2.00. The molecule has 1 N–H and O–H groups in total. The molecular formula is C15H15N2O+. The average molecular weight is 239 g/mol. The van der Waals surface area contributed by atoms with Crippen LogP contribution in [0, 0.1) is 0 Å². The fraction of sp³-hybridized carbons (Fsp3) is 0.0667. The molecule has 18 heavy (non-hydrogen) atoms. The number of pyridine rings is 1. The van der Waals surface area contributed by atoms with E-state index in [-0.39, 0.29) is 0 Å². The maximum absolute atomic E-state index is 8.48. The molecule has 3 nitrogen and oxygen atoms in total. The fourth-order valence-corrected chi connectivity index (χ4v) is 1.67. The van der Waals surface area contributed by atoms with E-state index in [9.17, 15) is 0 Å². The zero-order valence-electron chi connectivity index (χ0n) is 9.98. The summed E-state index contributed by atoms with van der Waals surface area (Å²) >= 11 is 0. The van der Waals surface area contributed by atoms with Gasteiger partial charge in [0.15, 0.2) is 18.9 Å². The van der Waals surface area contributed by atoms with Crippen molar-refractivity contribution >= 4 is 12.3 Å². The average Bonchev–Trinajstić information content (AvgIpc) is 2.41. The zero-order chi connectivity index (χ0) is 12.6. The van der Waals surface area contributed by atoms with Gasteiger partial charge in [0.2, 0.25) is 0 Å². The molecule has 1 aromatic heterocycles. The topological polar surface area (TPSA) is 36.5 Å². The van der Waals surface area contributed by atoms with E-state index in [1.54, 1.807) is 0 Å². The van der Waals surface area contributed by atoms with Gasteiger partial charge in [0.1, 0.15) is 0 Å². The van der Waals surface area contributed by atoms with Gasteiger partial charge in [-0.15, -0.1) is 0 Å². The van der Waals surface area contributed by atoms with Crippen LogP contribution >= 0.6 is 0 Å². The molecule has 1 aromatic carbocycles. The van der Waals surface area contributed by atoms with Crippen LogP contribution in [-0.2, 0) is 6.54 Å². The lowest BCUT2D eigenvalue weighted by atomic mass is 10.2. The summed E-state index contributed by atoms with van der Waals surface area (Å²) in [6.45, 7) is 0.780. The number of hydrogen-bond acceptors (Lipinski definition) is 2. The molecule has 0 radical (unpaired) electrons. The van der Waals surface area contributed by atoms with E-state index in [0.29, 0.717) is 0 Å². The van der Waals surface area contributed by atoms with E-state index in [0.717, 1.165) is 12.1 Å². The first kappa shape index (κ1) is 12.0. The maximum Gasteiger partial charge on any atom is 0.178 e.